The van der Waals surface area contributed by atoms with Gasteiger partial charge in [0.25, 0.3) is 0 Å². The van der Waals surface area contributed by atoms with Gasteiger partial charge in [0.05, 0.1) is 5.92 Å². The molecular weight excluding hydrogens is 228 g/mol. The Balaban J connectivity index is 2.16. The van der Waals surface area contributed by atoms with E-state index in [0.29, 0.717) is 0 Å². The van der Waals surface area contributed by atoms with Crippen molar-refractivity contribution in [1.29, 1.82) is 0 Å². The molecule has 1 heterocycles. The molecule has 0 aliphatic heterocycles. The van der Waals surface area contributed by atoms with Crippen LogP contribution >= 0.6 is 0 Å². The van der Waals surface area contributed by atoms with Crippen molar-refractivity contribution in [3.63, 3.8) is 0 Å². The van der Waals surface area contributed by atoms with Crippen LogP contribution in [0.1, 0.15) is 35.6 Å². The molecule has 3 rings (SSSR count). The van der Waals surface area contributed by atoms with Crippen molar-refractivity contribution in [1.82, 2.24) is 4.98 Å². The van der Waals surface area contributed by atoms with Crippen LogP contribution in [0.15, 0.2) is 18.2 Å². The van der Waals surface area contributed by atoms with Gasteiger partial charge in [0.2, 0.25) is 6.54 Å². The predicted octanol–water partition coefficient (Wildman–Crippen LogP) is 3.17. The SMILES string of the molecule is Cc1ccc2[nH]c3c(c2c1)[C@H](C[N+](=O)[O-])CCC3. The Labute approximate surface area is 105 Å². The molecule has 1 atom stereocenters. The number of benzene rings is 1. The van der Waals surface area contributed by atoms with Crippen LogP contribution in [0.2, 0.25) is 0 Å². The lowest BCUT2D eigenvalue weighted by molar-refractivity contribution is -0.483. The number of rotatable bonds is 2. The molecule has 4 heteroatoms. The molecule has 1 N–H and O–H groups in total. The third kappa shape index (κ3) is 1.78. The van der Waals surface area contributed by atoms with Gasteiger partial charge in [-0.25, -0.2) is 0 Å². The summed E-state index contributed by atoms with van der Waals surface area (Å²) in [5, 5.41) is 12.0. The van der Waals surface area contributed by atoms with E-state index in [0.717, 1.165) is 24.8 Å². The van der Waals surface area contributed by atoms with Crippen molar-refractivity contribution in [2.24, 2.45) is 0 Å². The lowest BCUT2D eigenvalue weighted by Crippen LogP contribution is -2.17. The monoisotopic (exact) mass is 244 g/mol. The third-order valence-corrected chi connectivity index (χ3v) is 3.83. The molecule has 1 aliphatic rings. The lowest BCUT2D eigenvalue weighted by atomic mass is 9.85. The second-order valence-electron chi connectivity index (χ2n) is 5.17. The Hall–Kier alpha value is -1.84. The van der Waals surface area contributed by atoms with Crippen molar-refractivity contribution >= 4 is 10.9 Å². The molecule has 0 spiro atoms. The van der Waals surface area contributed by atoms with Gasteiger partial charge >= 0.3 is 0 Å². The van der Waals surface area contributed by atoms with E-state index in [2.05, 4.69) is 30.1 Å². The number of nitro groups is 1. The summed E-state index contributed by atoms with van der Waals surface area (Å²) in [6.45, 7) is 2.11. The van der Waals surface area contributed by atoms with Crippen LogP contribution in [0.3, 0.4) is 0 Å². The molecule has 1 aliphatic carbocycles. The highest BCUT2D eigenvalue weighted by Crippen LogP contribution is 2.37. The van der Waals surface area contributed by atoms with Gasteiger partial charge in [0.15, 0.2) is 0 Å². The number of aromatic nitrogens is 1. The number of aryl methyl sites for hydroxylation is 2. The van der Waals surface area contributed by atoms with Gasteiger partial charge in [-0.1, -0.05) is 11.6 Å². The van der Waals surface area contributed by atoms with Gasteiger partial charge in [-0.3, -0.25) is 10.1 Å². The number of fused-ring (bicyclic) bond motifs is 3. The maximum Gasteiger partial charge on any atom is 0.210 e. The topological polar surface area (TPSA) is 58.9 Å². The first-order chi connectivity index (χ1) is 8.65. The normalized spacial score (nSPS) is 18.8. The van der Waals surface area contributed by atoms with Gasteiger partial charge in [-0.15, -0.1) is 0 Å². The van der Waals surface area contributed by atoms with Gasteiger partial charge in [-0.2, -0.15) is 0 Å². The van der Waals surface area contributed by atoms with Crippen LogP contribution in [0.5, 0.6) is 0 Å². The fraction of sp³-hybridized carbons (Fsp3) is 0.429. The van der Waals surface area contributed by atoms with Gasteiger partial charge in [0.1, 0.15) is 0 Å². The summed E-state index contributed by atoms with van der Waals surface area (Å²) in [7, 11) is 0. The first-order valence-electron chi connectivity index (χ1n) is 6.38. The minimum atomic E-state index is -0.186. The molecule has 0 saturated heterocycles. The third-order valence-electron chi connectivity index (χ3n) is 3.83. The summed E-state index contributed by atoms with van der Waals surface area (Å²) in [5.74, 6) is 0.0688. The van der Waals surface area contributed by atoms with E-state index in [9.17, 15) is 10.1 Å². The minimum absolute atomic E-state index is 0.0495. The maximum atomic E-state index is 10.8. The minimum Gasteiger partial charge on any atom is -0.358 e. The first kappa shape index (κ1) is 11.3. The Morgan fingerprint density at radius 1 is 1.50 bits per heavy atom. The van der Waals surface area contributed by atoms with Gasteiger partial charge < -0.3 is 4.98 Å². The van der Waals surface area contributed by atoms with E-state index < -0.39 is 0 Å². The van der Waals surface area contributed by atoms with Gasteiger partial charge in [-0.05, 0) is 43.9 Å². The van der Waals surface area contributed by atoms with Crippen LogP contribution in [-0.4, -0.2) is 16.5 Å². The van der Waals surface area contributed by atoms with E-state index in [1.807, 2.05) is 0 Å². The molecule has 1 aromatic heterocycles. The molecule has 94 valence electrons. The Morgan fingerprint density at radius 3 is 3.11 bits per heavy atom. The Kier molecular flexibility index (Phi) is 2.58. The zero-order valence-corrected chi connectivity index (χ0v) is 10.4. The lowest BCUT2D eigenvalue weighted by Gasteiger charge is -2.19. The second kappa shape index (κ2) is 4.12. The van der Waals surface area contributed by atoms with E-state index in [-0.39, 0.29) is 17.4 Å². The molecule has 0 unspecified atom stereocenters. The predicted molar refractivity (Wildman–Crippen MR) is 70.6 cm³/mol. The molecule has 4 nitrogen and oxygen atoms in total. The summed E-state index contributed by atoms with van der Waals surface area (Å²) in [6.07, 6.45) is 2.98. The zero-order chi connectivity index (χ0) is 12.7. The molecule has 1 aromatic carbocycles. The van der Waals surface area contributed by atoms with Crippen molar-refractivity contribution in [3.05, 3.63) is 45.1 Å². The Morgan fingerprint density at radius 2 is 2.33 bits per heavy atom. The van der Waals surface area contributed by atoms with E-state index >= 15 is 0 Å². The number of hydrogen-bond acceptors (Lipinski definition) is 2. The highest BCUT2D eigenvalue weighted by Gasteiger charge is 2.28. The zero-order valence-electron chi connectivity index (χ0n) is 10.4. The van der Waals surface area contributed by atoms with Crippen molar-refractivity contribution in [2.75, 3.05) is 6.54 Å². The number of hydrogen-bond donors (Lipinski definition) is 1. The van der Waals surface area contributed by atoms with Crippen molar-refractivity contribution < 1.29 is 4.92 Å². The molecular formula is C14H16N2O2. The second-order valence-corrected chi connectivity index (χ2v) is 5.17. The highest BCUT2D eigenvalue weighted by molar-refractivity contribution is 5.86. The van der Waals surface area contributed by atoms with Crippen molar-refractivity contribution in [2.45, 2.75) is 32.1 Å². The molecule has 18 heavy (non-hydrogen) atoms. The quantitative estimate of drug-likeness (QED) is 0.651. The molecule has 0 bridgehead atoms. The van der Waals surface area contributed by atoms with Crippen LogP contribution in [0, 0.1) is 17.0 Å². The standard InChI is InChI=1S/C14H16N2O2/c1-9-5-6-12-11(7-9)14-10(8-16(17)18)3-2-4-13(14)15-12/h5-7,10,15H,2-4,8H2,1H3/t10-/m0/s1. The first-order valence-corrected chi connectivity index (χ1v) is 6.38. The number of H-pyrrole nitrogens is 1. The van der Waals surface area contributed by atoms with E-state index in [1.165, 1.54) is 22.2 Å². The fourth-order valence-electron chi connectivity index (χ4n) is 3.08. The molecule has 0 fully saturated rings. The summed E-state index contributed by atoms with van der Waals surface area (Å²) < 4.78 is 0. The van der Waals surface area contributed by atoms with Crippen molar-refractivity contribution in [3.8, 4) is 0 Å². The average molecular weight is 244 g/mol. The molecule has 2 aromatic rings. The highest BCUT2D eigenvalue weighted by atomic mass is 16.6. The fourth-order valence-corrected chi connectivity index (χ4v) is 3.08. The summed E-state index contributed by atoms with van der Waals surface area (Å²) >= 11 is 0. The average Bonchev–Trinajstić information content (AvgIpc) is 2.67. The smallest absolute Gasteiger partial charge is 0.210 e. The number of nitrogens with zero attached hydrogens (tertiary/aromatic N) is 1. The molecule has 0 saturated carbocycles. The summed E-state index contributed by atoms with van der Waals surface area (Å²) in [6, 6.07) is 6.29. The van der Waals surface area contributed by atoms with Gasteiger partial charge in [0, 0.05) is 21.5 Å². The van der Waals surface area contributed by atoms with E-state index in [4.69, 9.17) is 0 Å². The summed E-state index contributed by atoms with van der Waals surface area (Å²) in [5.41, 5.74) is 4.71. The molecule has 0 amide bonds. The van der Waals surface area contributed by atoms with Crippen LogP contribution in [0.4, 0.5) is 0 Å². The van der Waals surface area contributed by atoms with E-state index in [1.54, 1.807) is 0 Å². The number of nitrogens with one attached hydrogen (secondary N) is 1. The van der Waals surface area contributed by atoms with Crippen LogP contribution in [-0.2, 0) is 6.42 Å². The molecule has 0 radical (unpaired) electrons. The Bertz CT molecular complexity index is 616. The summed E-state index contributed by atoms with van der Waals surface area (Å²) in [4.78, 5) is 14.0. The number of aromatic amines is 1. The van der Waals surface area contributed by atoms with Crippen LogP contribution < -0.4 is 0 Å². The largest absolute Gasteiger partial charge is 0.358 e. The van der Waals surface area contributed by atoms with Crippen LogP contribution in [0.25, 0.3) is 10.9 Å². The maximum absolute atomic E-state index is 10.8.